The second kappa shape index (κ2) is 7.08. The van der Waals surface area contributed by atoms with Crippen LogP contribution in [0.5, 0.6) is 0 Å². The van der Waals surface area contributed by atoms with E-state index in [1.54, 1.807) is 36.4 Å². The lowest BCUT2D eigenvalue weighted by molar-refractivity contribution is 0.0587. The van der Waals surface area contributed by atoms with E-state index < -0.39 is 40.4 Å². The van der Waals surface area contributed by atoms with E-state index in [4.69, 9.17) is 4.18 Å². The summed E-state index contributed by atoms with van der Waals surface area (Å²) >= 11 is 0. The molecule has 0 bridgehead atoms. The van der Waals surface area contributed by atoms with Gasteiger partial charge >= 0.3 is 0 Å². The molecule has 3 aromatic rings. The number of imide groups is 2. The lowest BCUT2D eigenvalue weighted by atomic mass is 9.94. The second-order valence-corrected chi connectivity index (χ2v) is 8.85. The summed E-state index contributed by atoms with van der Waals surface area (Å²) in [6, 6.07) is 13.7. The molecule has 0 fully saturated rings. The van der Waals surface area contributed by atoms with Crippen molar-refractivity contribution in [1.29, 1.82) is 0 Å². The first-order chi connectivity index (χ1) is 15.3. The molecule has 2 aliphatic heterocycles. The van der Waals surface area contributed by atoms with Gasteiger partial charge in [0.1, 0.15) is 0 Å². The Bertz CT molecular complexity index is 1430. The van der Waals surface area contributed by atoms with Crippen LogP contribution >= 0.6 is 0 Å². The van der Waals surface area contributed by atoms with Gasteiger partial charge in [0.05, 0.1) is 29.2 Å². The van der Waals surface area contributed by atoms with Gasteiger partial charge in [-0.1, -0.05) is 24.3 Å². The van der Waals surface area contributed by atoms with Crippen LogP contribution in [0.15, 0.2) is 59.5 Å². The van der Waals surface area contributed by atoms with Crippen molar-refractivity contribution in [2.24, 2.45) is 0 Å². The van der Waals surface area contributed by atoms with Gasteiger partial charge in [0, 0.05) is 16.5 Å². The first kappa shape index (κ1) is 20.0. The summed E-state index contributed by atoms with van der Waals surface area (Å²) in [5.74, 6) is -2.37. The highest BCUT2D eigenvalue weighted by molar-refractivity contribution is 7.86. The predicted octanol–water partition coefficient (Wildman–Crippen LogP) is 1.72. The van der Waals surface area contributed by atoms with Gasteiger partial charge < -0.3 is 0 Å². The van der Waals surface area contributed by atoms with Crippen LogP contribution < -0.4 is 5.32 Å². The van der Waals surface area contributed by atoms with Crippen molar-refractivity contribution in [3.05, 3.63) is 76.9 Å². The Morgan fingerprint density at radius 2 is 1.41 bits per heavy atom. The van der Waals surface area contributed by atoms with Gasteiger partial charge in [-0.3, -0.25) is 33.6 Å². The Labute approximate surface area is 181 Å². The molecule has 3 aromatic carbocycles. The highest BCUT2D eigenvalue weighted by Gasteiger charge is 2.33. The summed E-state index contributed by atoms with van der Waals surface area (Å²) in [5, 5.41) is 3.41. The fraction of sp³-hybridized carbons (Fsp3) is 0.0909. The average molecular weight is 450 g/mol. The third kappa shape index (κ3) is 3.00. The molecule has 0 saturated heterocycles. The SMILES string of the molecule is O=C1NC(=O)c2cc(S(=O)(=O)OCCN3C(=O)c4cccc5cccc(c45)C3=O)ccc21. The van der Waals surface area contributed by atoms with Gasteiger partial charge in [-0.25, -0.2) is 0 Å². The number of hydrogen-bond donors (Lipinski definition) is 1. The van der Waals surface area contributed by atoms with Gasteiger partial charge in [0.2, 0.25) is 0 Å². The molecule has 0 unspecified atom stereocenters. The van der Waals surface area contributed by atoms with Crippen molar-refractivity contribution in [3.8, 4) is 0 Å². The third-order valence-corrected chi connectivity index (χ3v) is 6.71. The van der Waals surface area contributed by atoms with Crippen molar-refractivity contribution in [1.82, 2.24) is 10.2 Å². The summed E-state index contributed by atoms with van der Waals surface area (Å²) in [6.45, 7) is -0.758. The fourth-order valence-electron chi connectivity index (χ4n) is 3.89. The number of rotatable bonds is 5. The number of carbonyl (C=O) groups is 4. The molecule has 32 heavy (non-hydrogen) atoms. The molecule has 5 rings (SSSR count). The Morgan fingerprint density at radius 1 is 0.781 bits per heavy atom. The standard InChI is InChI=1S/C22H14N2O7S/c25-19-14-8-7-13(11-17(14)20(26)23-19)32(29,30)31-10-9-24-21(27)15-5-1-3-12-4-2-6-16(18(12)15)22(24)28/h1-8,11H,9-10H2,(H,23,25,26). The van der Waals surface area contributed by atoms with E-state index in [0.29, 0.717) is 16.5 Å². The second-order valence-electron chi connectivity index (χ2n) is 7.24. The highest BCUT2D eigenvalue weighted by Crippen LogP contribution is 2.30. The maximum Gasteiger partial charge on any atom is 0.297 e. The van der Waals surface area contributed by atoms with E-state index in [1.807, 2.05) is 0 Å². The van der Waals surface area contributed by atoms with Gasteiger partial charge in [-0.15, -0.1) is 0 Å². The van der Waals surface area contributed by atoms with Gasteiger partial charge in [-0.05, 0) is 35.7 Å². The Kier molecular flexibility index (Phi) is 4.43. The molecule has 0 aliphatic carbocycles. The first-order valence-corrected chi connectivity index (χ1v) is 11.0. The van der Waals surface area contributed by atoms with Crippen LogP contribution in [-0.2, 0) is 14.3 Å². The predicted molar refractivity (Wildman–Crippen MR) is 111 cm³/mol. The van der Waals surface area contributed by atoms with Crippen LogP contribution in [0.2, 0.25) is 0 Å². The van der Waals surface area contributed by atoms with Crippen LogP contribution in [-0.4, -0.2) is 50.1 Å². The smallest absolute Gasteiger partial charge is 0.288 e. The molecule has 10 heteroatoms. The molecule has 1 N–H and O–H groups in total. The van der Waals surface area contributed by atoms with Crippen LogP contribution in [0.25, 0.3) is 10.8 Å². The maximum absolute atomic E-state index is 12.9. The summed E-state index contributed by atoms with van der Waals surface area (Å²) in [4.78, 5) is 49.7. The van der Waals surface area contributed by atoms with Crippen molar-refractivity contribution < 1.29 is 31.8 Å². The van der Waals surface area contributed by atoms with E-state index in [2.05, 4.69) is 5.32 Å². The molecule has 0 aromatic heterocycles. The molecule has 0 saturated carbocycles. The molecule has 0 spiro atoms. The third-order valence-electron chi connectivity index (χ3n) is 5.41. The molecule has 9 nitrogen and oxygen atoms in total. The normalized spacial score (nSPS) is 15.3. The minimum Gasteiger partial charge on any atom is -0.288 e. The molecule has 4 amide bonds. The molecular formula is C22H14N2O7S. The van der Waals surface area contributed by atoms with E-state index in [1.165, 1.54) is 6.07 Å². The zero-order valence-electron chi connectivity index (χ0n) is 16.3. The summed E-state index contributed by atoms with van der Waals surface area (Å²) in [7, 11) is -4.30. The van der Waals surface area contributed by atoms with E-state index in [9.17, 15) is 27.6 Å². The number of hydrogen-bond acceptors (Lipinski definition) is 7. The maximum atomic E-state index is 12.9. The van der Waals surface area contributed by atoms with Crippen molar-refractivity contribution in [2.75, 3.05) is 13.2 Å². The monoisotopic (exact) mass is 450 g/mol. The molecule has 2 aliphatic rings. The number of fused-ring (bicyclic) bond motifs is 1. The number of benzene rings is 3. The van der Waals surface area contributed by atoms with E-state index in [0.717, 1.165) is 22.4 Å². The zero-order chi connectivity index (χ0) is 22.6. The van der Waals surface area contributed by atoms with Crippen molar-refractivity contribution >= 4 is 44.5 Å². The van der Waals surface area contributed by atoms with Crippen LogP contribution in [0.4, 0.5) is 0 Å². The van der Waals surface area contributed by atoms with E-state index >= 15 is 0 Å². The Balaban J connectivity index is 1.35. The molecule has 2 heterocycles. The van der Waals surface area contributed by atoms with Crippen LogP contribution in [0.3, 0.4) is 0 Å². The highest BCUT2D eigenvalue weighted by atomic mass is 32.2. The fourth-order valence-corrected chi connectivity index (χ4v) is 4.82. The number of nitrogens with one attached hydrogen (secondary N) is 1. The zero-order valence-corrected chi connectivity index (χ0v) is 17.1. The topological polar surface area (TPSA) is 127 Å². The minimum atomic E-state index is -4.30. The van der Waals surface area contributed by atoms with Gasteiger partial charge in [-0.2, -0.15) is 8.42 Å². The largest absolute Gasteiger partial charge is 0.297 e. The summed E-state index contributed by atoms with van der Waals surface area (Å²) < 4.78 is 30.1. The number of amides is 4. The van der Waals surface area contributed by atoms with Crippen LogP contribution in [0.1, 0.15) is 41.4 Å². The van der Waals surface area contributed by atoms with E-state index in [-0.39, 0.29) is 22.6 Å². The Morgan fingerprint density at radius 3 is 2.06 bits per heavy atom. The van der Waals surface area contributed by atoms with Crippen molar-refractivity contribution in [2.45, 2.75) is 4.90 Å². The number of carbonyl (C=O) groups excluding carboxylic acids is 4. The summed E-state index contributed by atoms with van der Waals surface area (Å²) in [5.41, 5.74) is 0.724. The lowest BCUT2D eigenvalue weighted by Gasteiger charge is -2.26. The van der Waals surface area contributed by atoms with Crippen LogP contribution in [0, 0.1) is 0 Å². The van der Waals surface area contributed by atoms with Gasteiger partial charge in [0.25, 0.3) is 33.7 Å². The number of nitrogens with zero attached hydrogens (tertiary/aromatic N) is 1. The molecule has 0 atom stereocenters. The summed E-state index contributed by atoms with van der Waals surface area (Å²) in [6.07, 6.45) is 0. The molecule has 160 valence electrons. The quantitative estimate of drug-likeness (QED) is 0.463. The molecular weight excluding hydrogens is 436 g/mol. The Hall–Kier alpha value is -3.89. The molecule has 0 radical (unpaired) electrons. The minimum absolute atomic E-state index is 0.0641. The van der Waals surface area contributed by atoms with Gasteiger partial charge in [0.15, 0.2) is 0 Å². The first-order valence-electron chi connectivity index (χ1n) is 9.55. The lowest BCUT2D eigenvalue weighted by Crippen LogP contribution is -2.42. The average Bonchev–Trinajstić information content (AvgIpc) is 3.07. The van der Waals surface area contributed by atoms with Crippen molar-refractivity contribution in [3.63, 3.8) is 0 Å².